The fraction of sp³-hybridized carbons (Fsp3) is 0.111. The van der Waals surface area contributed by atoms with E-state index in [0.717, 1.165) is 5.56 Å². The maximum Gasteiger partial charge on any atom is 0.283 e. The summed E-state index contributed by atoms with van der Waals surface area (Å²) in [4.78, 5) is 0. The molecule has 2 aromatic carbocycles. The van der Waals surface area contributed by atoms with Crippen LogP contribution >= 0.6 is 11.6 Å². The summed E-state index contributed by atoms with van der Waals surface area (Å²) in [6.07, 6.45) is -2.84. The molecule has 6 heteroatoms. The van der Waals surface area contributed by atoms with Gasteiger partial charge in [-0.1, -0.05) is 41.4 Å². The van der Waals surface area contributed by atoms with E-state index >= 15 is 0 Å². The molecule has 3 aromatic rings. The standard InChI is InChI=1S/C18H12ClF2N3/c1-11-2-4-12(5-3-11)17-15(10-22)16(18(20)21)23-24(17)14-8-6-13(19)7-9-14/h2-9,18H,1H3. The predicted octanol–water partition coefficient (Wildman–Crippen LogP) is 5.31. The summed E-state index contributed by atoms with van der Waals surface area (Å²) in [6, 6.07) is 15.8. The topological polar surface area (TPSA) is 41.6 Å². The van der Waals surface area contributed by atoms with Crippen molar-refractivity contribution in [1.82, 2.24) is 9.78 Å². The number of halogens is 3. The zero-order valence-electron chi connectivity index (χ0n) is 12.7. The van der Waals surface area contributed by atoms with Crippen molar-refractivity contribution in [2.45, 2.75) is 13.3 Å². The monoisotopic (exact) mass is 343 g/mol. The molecule has 3 nitrogen and oxygen atoms in total. The van der Waals surface area contributed by atoms with E-state index in [2.05, 4.69) is 5.10 Å². The lowest BCUT2D eigenvalue weighted by Gasteiger charge is -2.08. The van der Waals surface area contributed by atoms with E-state index in [1.807, 2.05) is 25.1 Å². The minimum absolute atomic E-state index is 0.121. The first-order valence-electron chi connectivity index (χ1n) is 7.15. The Morgan fingerprint density at radius 1 is 1.08 bits per heavy atom. The number of aryl methyl sites for hydroxylation is 1. The van der Waals surface area contributed by atoms with Gasteiger partial charge < -0.3 is 0 Å². The van der Waals surface area contributed by atoms with Gasteiger partial charge in [-0.05, 0) is 31.2 Å². The van der Waals surface area contributed by atoms with Crippen LogP contribution in [0.5, 0.6) is 0 Å². The quantitative estimate of drug-likeness (QED) is 0.646. The molecule has 1 heterocycles. The van der Waals surface area contributed by atoms with Crippen LogP contribution in [0, 0.1) is 18.3 Å². The van der Waals surface area contributed by atoms with Crippen molar-refractivity contribution in [3.8, 4) is 23.0 Å². The Kier molecular flexibility index (Phi) is 4.32. The third-order valence-corrected chi connectivity index (χ3v) is 3.88. The molecule has 0 aliphatic carbocycles. The van der Waals surface area contributed by atoms with Crippen LogP contribution in [0.25, 0.3) is 16.9 Å². The first-order valence-corrected chi connectivity index (χ1v) is 7.53. The van der Waals surface area contributed by atoms with Gasteiger partial charge in [0.1, 0.15) is 17.3 Å². The minimum Gasteiger partial charge on any atom is -0.231 e. The van der Waals surface area contributed by atoms with Gasteiger partial charge in [-0.2, -0.15) is 10.4 Å². The van der Waals surface area contributed by atoms with Crippen LogP contribution in [-0.4, -0.2) is 9.78 Å². The molecule has 0 N–H and O–H groups in total. The van der Waals surface area contributed by atoms with E-state index in [9.17, 15) is 14.0 Å². The van der Waals surface area contributed by atoms with Crippen molar-refractivity contribution in [1.29, 1.82) is 5.26 Å². The van der Waals surface area contributed by atoms with Gasteiger partial charge in [0.15, 0.2) is 0 Å². The molecule has 0 bridgehead atoms. The summed E-state index contributed by atoms with van der Waals surface area (Å²) in [5.74, 6) is 0. The number of alkyl halides is 2. The number of rotatable bonds is 3. The second kappa shape index (κ2) is 6.42. The van der Waals surface area contributed by atoms with Crippen LogP contribution in [0.15, 0.2) is 48.5 Å². The predicted molar refractivity (Wildman–Crippen MR) is 88.4 cm³/mol. The minimum atomic E-state index is -2.84. The number of nitrogens with zero attached hydrogens (tertiary/aromatic N) is 3. The Balaban J connectivity index is 2.30. The molecule has 24 heavy (non-hydrogen) atoms. The van der Waals surface area contributed by atoms with Crippen LogP contribution in [0.2, 0.25) is 5.02 Å². The molecular formula is C18H12ClF2N3. The second-order valence-corrected chi connectivity index (χ2v) is 5.71. The fourth-order valence-corrected chi connectivity index (χ4v) is 2.57. The number of nitriles is 1. The second-order valence-electron chi connectivity index (χ2n) is 5.28. The highest BCUT2D eigenvalue weighted by atomic mass is 35.5. The molecular weight excluding hydrogens is 332 g/mol. The van der Waals surface area contributed by atoms with Crippen molar-refractivity contribution >= 4 is 11.6 Å². The molecule has 0 aliphatic heterocycles. The summed E-state index contributed by atoms with van der Waals surface area (Å²) >= 11 is 5.89. The fourth-order valence-electron chi connectivity index (χ4n) is 2.45. The summed E-state index contributed by atoms with van der Waals surface area (Å²) in [5, 5.41) is 13.9. The SMILES string of the molecule is Cc1ccc(-c2c(C#N)c(C(F)F)nn2-c2ccc(Cl)cc2)cc1. The lowest BCUT2D eigenvalue weighted by molar-refractivity contribution is 0.145. The highest BCUT2D eigenvalue weighted by Gasteiger charge is 2.25. The molecule has 3 rings (SSSR count). The number of benzene rings is 2. The van der Waals surface area contributed by atoms with Gasteiger partial charge in [-0.25, -0.2) is 13.5 Å². The van der Waals surface area contributed by atoms with Gasteiger partial charge in [0, 0.05) is 10.6 Å². The smallest absolute Gasteiger partial charge is 0.231 e. The maximum absolute atomic E-state index is 13.3. The number of hydrogen-bond donors (Lipinski definition) is 0. The third kappa shape index (κ3) is 2.89. The van der Waals surface area contributed by atoms with Crippen LogP contribution in [0.3, 0.4) is 0 Å². The molecule has 0 unspecified atom stereocenters. The summed E-state index contributed by atoms with van der Waals surface area (Å²) < 4.78 is 28.0. The average Bonchev–Trinajstić information content (AvgIpc) is 2.96. The van der Waals surface area contributed by atoms with Gasteiger partial charge in [0.25, 0.3) is 6.43 Å². The Bertz CT molecular complexity index is 907. The molecule has 0 spiro atoms. The molecule has 0 amide bonds. The Morgan fingerprint density at radius 2 is 1.71 bits per heavy atom. The van der Waals surface area contributed by atoms with Gasteiger partial charge in [-0.15, -0.1) is 0 Å². The van der Waals surface area contributed by atoms with E-state index in [1.165, 1.54) is 4.68 Å². The van der Waals surface area contributed by atoms with Crippen molar-refractivity contribution < 1.29 is 8.78 Å². The molecule has 0 aliphatic rings. The van der Waals surface area contributed by atoms with Crippen molar-refractivity contribution in [2.24, 2.45) is 0 Å². The maximum atomic E-state index is 13.3. The molecule has 0 saturated heterocycles. The van der Waals surface area contributed by atoms with E-state index in [1.54, 1.807) is 36.4 Å². The largest absolute Gasteiger partial charge is 0.283 e. The van der Waals surface area contributed by atoms with Crippen molar-refractivity contribution in [3.05, 3.63) is 70.4 Å². The van der Waals surface area contributed by atoms with Crippen LogP contribution < -0.4 is 0 Å². The Hall–Kier alpha value is -2.71. The van der Waals surface area contributed by atoms with Crippen molar-refractivity contribution in [3.63, 3.8) is 0 Å². The molecule has 1 aromatic heterocycles. The van der Waals surface area contributed by atoms with E-state index < -0.39 is 12.1 Å². The zero-order valence-corrected chi connectivity index (χ0v) is 13.4. The molecule has 0 atom stereocenters. The Morgan fingerprint density at radius 3 is 2.25 bits per heavy atom. The van der Waals surface area contributed by atoms with E-state index in [4.69, 9.17) is 11.6 Å². The van der Waals surface area contributed by atoms with Crippen LogP contribution in [-0.2, 0) is 0 Å². The molecule has 0 radical (unpaired) electrons. The number of aromatic nitrogens is 2. The number of hydrogen-bond acceptors (Lipinski definition) is 2. The highest BCUT2D eigenvalue weighted by molar-refractivity contribution is 6.30. The Labute approximate surface area is 142 Å². The molecule has 0 fully saturated rings. The third-order valence-electron chi connectivity index (χ3n) is 3.63. The van der Waals surface area contributed by atoms with Crippen molar-refractivity contribution in [2.75, 3.05) is 0 Å². The average molecular weight is 344 g/mol. The summed E-state index contributed by atoms with van der Waals surface area (Å²) in [7, 11) is 0. The van der Waals surface area contributed by atoms with E-state index in [0.29, 0.717) is 22.0 Å². The lowest BCUT2D eigenvalue weighted by atomic mass is 10.0. The lowest BCUT2D eigenvalue weighted by Crippen LogP contribution is -2.00. The summed E-state index contributed by atoms with van der Waals surface area (Å²) in [6.45, 7) is 1.93. The zero-order chi connectivity index (χ0) is 17.3. The van der Waals surface area contributed by atoms with Crippen LogP contribution in [0.1, 0.15) is 23.2 Å². The van der Waals surface area contributed by atoms with Gasteiger partial charge in [0.2, 0.25) is 0 Å². The highest BCUT2D eigenvalue weighted by Crippen LogP contribution is 2.33. The van der Waals surface area contributed by atoms with E-state index in [-0.39, 0.29) is 5.56 Å². The van der Waals surface area contributed by atoms with Gasteiger partial charge in [0.05, 0.1) is 11.4 Å². The molecule has 0 saturated carbocycles. The van der Waals surface area contributed by atoms with Crippen LogP contribution in [0.4, 0.5) is 8.78 Å². The van der Waals surface area contributed by atoms with Gasteiger partial charge in [-0.3, -0.25) is 0 Å². The first-order chi connectivity index (χ1) is 11.5. The molecule has 120 valence electrons. The van der Waals surface area contributed by atoms with Gasteiger partial charge >= 0.3 is 0 Å². The summed E-state index contributed by atoms with van der Waals surface area (Å²) in [5.41, 5.74) is 1.93. The first kappa shape index (κ1) is 16.2. The normalized spacial score (nSPS) is 10.8.